The van der Waals surface area contributed by atoms with Crippen molar-refractivity contribution >= 4 is 11.8 Å². The molecule has 0 aromatic heterocycles. The van der Waals surface area contributed by atoms with Crippen LogP contribution in [0.25, 0.3) is 0 Å². The molecule has 1 aromatic carbocycles. The second-order valence-electron chi connectivity index (χ2n) is 4.95. The number of amidine groups is 1. The van der Waals surface area contributed by atoms with Crippen molar-refractivity contribution in [2.24, 2.45) is 5.10 Å². The van der Waals surface area contributed by atoms with Crippen molar-refractivity contribution in [3.63, 3.8) is 0 Å². The Kier molecular flexibility index (Phi) is 3.31. The number of hydrazine groups is 1. The molecule has 2 aliphatic rings. The van der Waals surface area contributed by atoms with Gasteiger partial charge in [0, 0.05) is 12.0 Å². The fourth-order valence-corrected chi connectivity index (χ4v) is 2.81. The Balaban J connectivity index is 1.82. The third-order valence-electron chi connectivity index (χ3n) is 3.67. The molecule has 2 N–H and O–H groups in total. The second-order valence-corrected chi connectivity index (χ2v) is 4.95. The van der Waals surface area contributed by atoms with Crippen LogP contribution in [0.3, 0.4) is 0 Å². The van der Waals surface area contributed by atoms with Crippen LogP contribution in [0.15, 0.2) is 35.4 Å². The molecule has 3 unspecified atom stereocenters. The molecule has 2 aliphatic heterocycles. The average molecular weight is 274 g/mol. The van der Waals surface area contributed by atoms with Crippen molar-refractivity contribution in [1.82, 2.24) is 15.9 Å². The highest BCUT2D eigenvalue weighted by Gasteiger charge is 2.47. The van der Waals surface area contributed by atoms with Crippen LogP contribution < -0.4 is 10.9 Å². The van der Waals surface area contributed by atoms with Gasteiger partial charge in [0.25, 0.3) is 5.84 Å². The minimum absolute atomic E-state index is 0.0631. The van der Waals surface area contributed by atoms with Crippen LogP contribution in [0, 0.1) is 0 Å². The maximum absolute atomic E-state index is 11.9. The lowest BCUT2D eigenvalue weighted by atomic mass is 9.92. The summed E-state index contributed by atoms with van der Waals surface area (Å²) in [6, 6.07) is 10.4. The summed E-state index contributed by atoms with van der Waals surface area (Å²) < 4.78 is 5.02. The monoisotopic (exact) mass is 274 g/mol. The second kappa shape index (κ2) is 5.13. The first-order chi connectivity index (χ1) is 9.72. The third kappa shape index (κ3) is 2.02. The third-order valence-corrected chi connectivity index (χ3v) is 3.67. The van der Waals surface area contributed by atoms with Crippen LogP contribution in [-0.2, 0) is 9.53 Å². The lowest BCUT2D eigenvalue weighted by Gasteiger charge is -2.21. The van der Waals surface area contributed by atoms with Gasteiger partial charge in [0.05, 0.1) is 6.61 Å². The largest absolute Gasteiger partial charge is 0.460 e. The molecular weight excluding hydrogens is 256 g/mol. The number of esters is 1. The number of carbonyl (C=O) groups is 1. The first-order valence-corrected chi connectivity index (χ1v) is 6.83. The molecular formula is C14H18N4O2. The molecule has 0 radical (unpaired) electrons. The van der Waals surface area contributed by atoms with Crippen molar-refractivity contribution in [3.05, 3.63) is 35.9 Å². The first kappa shape index (κ1) is 12.9. The van der Waals surface area contributed by atoms with Crippen LogP contribution in [0.1, 0.15) is 25.3 Å². The highest BCUT2D eigenvalue weighted by atomic mass is 16.5. The Bertz CT molecular complexity index is 531. The van der Waals surface area contributed by atoms with E-state index in [0.29, 0.717) is 12.4 Å². The lowest BCUT2D eigenvalue weighted by Crippen LogP contribution is -2.45. The molecule has 1 fully saturated rings. The number of carbonyl (C=O) groups excluding carboxylic acids is 1. The summed E-state index contributed by atoms with van der Waals surface area (Å²) in [4.78, 5) is 11.9. The van der Waals surface area contributed by atoms with E-state index in [9.17, 15) is 4.79 Å². The van der Waals surface area contributed by atoms with E-state index in [1.807, 2.05) is 18.2 Å². The number of rotatable bonds is 3. The zero-order valence-electron chi connectivity index (χ0n) is 11.5. The maximum Gasteiger partial charge on any atom is 0.377 e. The van der Waals surface area contributed by atoms with Crippen LogP contribution >= 0.6 is 0 Å². The standard InChI is InChI=1S/C14H18N4O2/c1-3-20-14(19)13-16-15-12-11(9(2)17-18(12)13)10-7-5-4-6-8-10/h4-9,11-12,15,17H,3H2,1-2H3. The summed E-state index contributed by atoms with van der Waals surface area (Å²) in [5, 5.41) is 5.88. The molecule has 0 spiro atoms. The first-order valence-electron chi connectivity index (χ1n) is 6.83. The molecule has 1 saturated heterocycles. The highest BCUT2D eigenvalue weighted by molar-refractivity contribution is 6.35. The number of ether oxygens (including phenoxy) is 1. The molecule has 20 heavy (non-hydrogen) atoms. The molecule has 6 nitrogen and oxygen atoms in total. The van der Waals surface area contributed by atoms with Crippen LogP contribution in [0.4, 0.5) is 0 Å². The normalized spacial score (nSPS) is 27.8. The maximum atomic E-state index is 11.9. The molecule has 0 amide bonds. The Morgan fingerprint density at radius 2 is 2.15 bits per heavy atom. The predicted molar refractivity (Wildman–Crippen MR) is 74.6 cm³/mol. The van der Waals surface area contributed by atoms with Crippen LogP contribution in [0.5, 0.6) is 0 Å². The van der Waals surface area contributed by atoms with E-state index in [-0.39, 0.29) is 18.1 Å². The number of benzene rings is 1. The van der Waals surface area contributed by atoms with Gasteiger partial charge in [-0.1, -0.05) is 30.3 Å². The van der Waals surface area contributed by atoms with Gasteiger partial charge in [-0.15, -0.1) is 0 Å². The quantitative estimate of drug-likeness (QED) is 0.798. The Morgan fingerprint density at radius 3 is 2.85 bits per heavy atom. The number of hydrogen-bond acceptors (Lipinski definition) is 6. The number of nitrogens with one attached hydrogen (secondary N) is 2. The summed E-state index contributed by atoms with van der Waals surface area (Å²) in [7, 11) is 0. The van der Waals surface area contributed by atoms with Crippen LogP contribution in [0.2, 0.25) is 0 Å². The van der Waals surface area contributed by atoms with Gasteiger partial charge in [-0.25, -0.2) is 10.2 Å². The van der Waals surface area contributed by atoms with E-state index in [0.717, 1.165) is 0 Å². The summed E-state index contributed by atoms with van der Waals surface area (Å²) in [5.41, 5.74) is 7.55. The Hall–Kier alpha value is -2.08. The smallest absolute Gasteiger partial charge is 0.377 e. The number of nitrogens with zero attached hydrogens (tertiary/aromatic N) is 2. The number of hydrogen-bond donors (Lipinski definition) is 2. The Morgan fingerprint density at radius 1 is 1.40 bits per heavy atom. The zero-order valence-corrected chi connectivity index (χ0v) is 11.5. The number of fused-ring (bicyclic) bond motifs is 1. The van der Waals surface area contributed by atoms with Gasteiger partial charge in [-0.2, -0.15) is 5.10 Å². The molecule has 3 rings (SSSR count). The van der Waals surface area contributed by atoms with Crippen molar-refractivity contribution in [2.45, 2.75) is 32.0 Å². The summed E-state index contributed by atoms with van der Waals surface area (Å²) >= 11 is 0. The van der Waals surface area contributed by atoms with Crippen LogP contribution in [-0.4, -0.2) is 35.6 Å². The van der Waals surface area contributed by atoms with Gasteiger partial charge in [-0.05, 0) is 19.4 Å². The van der Waals surface area contributed by atoms with Gasteiger partial charge in [0.15, 0.2) is 0 Å². The van der Waals surface area contributed by atoms with Gasteiger partial charge < -0.3 is 4.74 Å². The zero-order chi connectivity index (χ0) is 14.1. The molecule has 0 bridgehead atoms. The number of hydrazone groups is 1. The van der Waals surface area contributed by atoms with Gasteiger partial charge >= 0.3 is 5.97 Å². The highest BCUT2D eigenvalue weighted by Crippen LogP contribution is 2.32. The van der Waals surface area contributed by atoms with Gasteiger partial charge in [0.2, 0.25) is 0 Å². The fourth-order valence-electron chi connectivity index (χ4n) is 2.81. The molecule has 106 valence electrons. The SMILES string of the molecule is CCOC(=O)C1=NNC2C(c3ccccc3)C(C)NN12. The van der Waals surface area contributed by atoms with E-state index in [1.54, 1.807) is 11.9 Å². The molecule has 2 heterocycles. The fraction of sp³-hybridized carbons (Fsp3) is 0.429. The molecule has 3 atom stereocenters. The molecule has 0 saturated carbocycles. The minimum atomic E-state index is -0.407. The van der Waals surface area contributed by atoms with E-state index < -0.39 is 5.97 Å². The van der Waals surface area contributed by atoms with E-state index in [4.69, 9.17) is 4.74 Å². The average Bonchev–Trinajstić information content (AvgIpc) is 2.97. The minimum Gasteiger partial charge on any atom is -0.460 e. The van der Waals surface area contributed by atoms with Crippen molar-refractivity contribution < 1.29 is 9.53 Å². The van der Waals surface area contributed by atoms with E-state index in [1.165, 1.54) is 5.56 Å². The van der Waals surface area contributed by atoms with E-state index in [2.05, 4.69) is 35.0 Å². The summed E-state index contributed by atoms with van der Waals surface area (Å²) in [6.07, 6.45) is -0.0631. The molecule has 0 aliphatic carbocycles. The predicted octanol–water partition coefficient (Wildman–Crippen LogP) is 0.785. The topological polar surface area (TPSA) is 66.0 Å². The van der Waals surface area contributed by atoms with Crippen molar-refractivity contribution in [1.29, 1.82) is 0 Å². The van der Waals surface area contributed by atoms with Crippen molar-refractivity contribution in [3.8, 4) is 0 Å². The van der Waals surface area contributed by atoms with E-state index >= 15 is 0 Å². The summed E-state index contributed by atoms with van der Waals surface area (Å²) in [5.74, 6) is 0.102. The lowest BCUT2D eigenvalue weighted by molar-refractivity contribution is -0.136. The van der Waals surface area contributed by atoms with Gasteiger partial charge in [0.1, 0.15) is 6.17 Å². The van der Waals surface area contributed by atoms with Crippen molar-refractivity contribution in [2.75, 3.05) is 6.61 Å². The Labute approximate surface area is 117 Å². The molecule has 1 aromatic rings. The van der Waals surface area contributed by atoms with Gasteiger partial charge in [-0.3, -0.25) is 10.4 Å². The molecule has 6 heteroatoms. The summed E-state index contributed by atoms with van der Waals surface area (Å²) in [6.45, 7) is 4.22.